The summed E-state index contributed by atoms with van der Waals surface area (Å²) in [5, 5.41) is 0. The Labute approximate surface area is 147 Å². The molecule has 0 spiro atoms. The minimum atomic E-state index is -0.582. The number of ether oxygens (including phenoxy) is 2. The maximum absolute atomic E-state index is 12.0. The maximum Gasteiger partial charge on any atom is 0.342 e. The van der Waals surface area contributed by atoms with Crippen molar-refractivity contribution < 1.29 is 14.3 Å². The van der Waals surface area contributed by atoms with Crippen LogP contribution in [-0.2, 0) is 9.47 Å². The van der Waals surface area contributed by atoms with Gasteiger partial charge in [0.05, 0.1) is 12.2 Å². The number of hydrogen-bond donors (Lipinski definition) is 0. The molecule has 18 heavy (non-hydrogen) atoms. The van der Waals surface area contributed by atoms with Gasteiger partial charge in [-0.15, -0.1) is 6.58 Å². The molecule has 0 aromatic heterocycles. The first-order chi connectivity index (χ1) is 8.45. The van der Waals surface area contributed by atoms with Crippen LogP contribution in [0.5, 0.6) is 0 Å². The second kappa shape index (κ2) is 8.00. The summed E-state index contributed by atoms with van der Waals surface area (Å²) in [7, 11) is 0. The molecule has 0 radical (unpaired) electrons. The fourth-order valence-corrected chi connectivity index (χ4v) is 5.21. The van der Waals surface area contributed by atoms with E-state index in [0.29, 0.717) is 12.2 Å². The van der Waals surface area contributed by atoms with Crippen molar-refractivity contribution in [1.29, 1.82) is 0 Å². The minimum absolute atomic E-state index is 0.356. The molecule has 1 unspecified atom stereocenters. The lowest BCUT2D eigenvalue weighted by Gasteiger charge is -2.14. The Hall–Kier alpha value is 0.580. The Morgan fingerprint density at radius 2 is 1.94 bits per heavy atom. The van der Waals surface area contributed by atoms with Crippen molar-refractivity contribution >= 4 is 73.7 Å². The maximum atomic E-state index is 12.0. The van der Waals surface area contributed by atoms with E-state index in [1.165, 1.54) is 0 Å². The third kappa shape index (κ3) is 4.93. The van der Waals surface area contributed by atoms with Gasteiger partial charge in [-0.1, -0.05) is 6.08 Å². The van der Waals surface area contributed by atoms with Crippen LogP contribution in [0.15, 0.2) is 24.8 Å². The largest absolute Gasteiger partial charge is 0.432 e. The van der Waals surface area contributed by atoms with E-state index in [0.717, 1.165) is 10.7 Å². The smallest absolute Gasteiger partial charge is 0.342 e. The number of rotatable bonds is 5. The van der Waals surface area contributed by atoms with E-state index in [2.05, 4.69) is 74.4 Å². The molecule has 1 aromatic carbocycles. The molecule has 6 heteroatoms. The van der Waals surface area contributed by atoms with Crippen LogP contribution in [-0.4, -0.2) is 18.9 Å². The average Bonchev–Trinajstić information content (AvgIpc) is 2.24. The molecule has 0 aliphatic carbocycles. The summed E-state index contributed by atoms with van der Waals surface area (Å²) >= 11 is 6.49. The second-order valence-corrected chi connectivity index (χ2v) is 6.91. The monoisotopic (exact) mass is 584 g/mol. The van der Waals surface area contributed by atoms with Crippen LogP contribution in [0.3, 0.4) is 0 Å². The quantitative estimate of drug-likeness (QED) is 0.226. The molecule has 1 aromatic rings. The SMILES string of the molecule is C=CCOC(C)OC(=O)c1c(I)cc(I)cc1I. The molecule has 0 aliphatic heterocycles. The zero-order valence-corrected chi connectivity index (χ0v) is 16.1. The average molecular weight is 584 g/mol. The van der Waals surface area contributed by atoms with Gasteiger partial charge in [0.25, 0.3) is 0 Å². The number of benzene rings is 1. The van der Waals surface area contributed by atoms with Crippen molar-refractivity contribution in [2.75, 3.05) is 6.61 Å². The van der Waals surface area contributed by atoms with Crippen LogP contribution >= 0.6 is 67.8 Å². The van der Waals surface area contributed by atoms with Gasteiger partial charge in [-0.2, -0.15) is 0 Å². The number of hydrogen-bond acceptors (Lipinski definition) is 3. The number of halogens is 3. The molecule has 0 aliphatic rings. The van der Waals surface area contributed by atoms with Crippen molar-refractivity contribution in [2.45, 2.75) is 13.2 Å². The van der Waals surface area contributed by atoms with Crippen molar-refractivity contribution in [3.8, 4) is 0 Å². The summed E-state index contributed by atoms with van der Waals surface area (Å²) < 4.78 is 13.3. The first-order valence-electron chi connectivity index (χ1n) is 5.03. The summed E-state index contributed by atoms with van der Waals surface area (Å²) in [5.74, 6) is -0.364. The molecule has 98 valence electrons. The molecule has 1 atom stereocenters. The highest BCUT2D eigenvalue weighted by atomic mass is 127. The van der Waals surface area contributed by atoms with Crippen LogP contribution in [0.25, 0.3) is 0 Å². The molecule has 0 heterocycles. The Morgan fingerprint density at radius 1 is 1.39 bits per heavy atom. The second-order valence-electron chi connectivity index (χ2n) is 3.34. The molecular formula is C12H11I3O3. The lowest BCUT2D eigenvalue weighted by atomic mass is 10.2. The van der Waals surface area contributed by atoms with Gasteiger partial charge in [-0.3, -0.25) is 0 Å². The fraction of sp³-hybridized carbons (Fsp3) is 0.250. The van der Waals surface area contributed by atoms with Crippen LogP contribution in [0.4, 0.5) is 0 Å². The Kier molecular flexibility index (Phi) is 7.39. The molecule has 3 nitrogen and oxygen atoms in total. The lowest BCUT2D eigenvalue weighted by molar-refractivity contribution is -0.0894. The van der Waals surface area contributed by atoms with E-state index in [4.69, 9.17) is 9.47 Å². The minimum Gasteiger partial charge on any atom is -0.432 e. The first kappa shape index (κ1) is 16.6. The predicted molar refractivity (Wildman–Crippen MR) is 95.6 cm³/mol. The van der Waals surface area contributed by atoms with Crippen LogP contribution in [0.1, 0.15) is 17.3 Å². The lowest BCUT2D eigenvalue weighted by Crippen LogP contribution is -2.20. The van der Waals surface area contributed by atoms with Gasteiger partial charge in [-0.05, 0) is 86.8 Å². The normalized spacial score (nSPS) is 12.0. The fourth-order valence-electron chi connectivity index (χ4n) is 1.18. The van der Waals surface area contributed by atoms with Crippen molar-refractivity contribution in [3.63, 3.8) is 0 Å². The molecule has 1 rings (SSSR count). The zero-order chi connectivity index (χ0) is 13.7. The summed E-state index contributed by atoms with van der Waals surface area (Å²) in [6.45, 7) is 5.58. The molecule has 0 amide bonds. The van der Waals surface area contributed by atoms with E-state index < -0.39 is 6.29 Å². The Bertz CT molecular complexity index is 437. The highest BCUT2D eigenvalue weighted by molar-refractivity contribution is 14.1. The highest BCUT2D eigenvalue weighted by Gasteiger charge is 2.18. The number of carbonyl (C=O) groups excluding carboxylic acids is 1. The predicted octanol–water partition coefficient (Wildman–Crippen LogP) is 4.21. The van der Waals surface area contributed by atoms with Crippen molar-refractivity contribution in [1.82, 2.24) is 0 Å². The van der Waals surface area contributed by atoms with E-state index in [-0.39, 0.29) is 5.97 Å². The number of carbonyl (C=O) groups is 1. The Balaban J connectivity index is 2.81. The first-order valence-corrected chi connectivity index (χ1v) is 8.27. The van der Waals surface area contributed by atoms with Gasteiger partial charge in [-0.25, -0.2) is 4.79 Å². The van der Waals surface area contributed by atoms with Crippen molar-refractivity contribution in [2.24, 2.45) is 0 Å². The van der Waals surface area contributed by atoms with Crippen LogP contribution in [0, 0.1) is 10.7 Å². The van der Waals surface area contributed by atoms with Gasteiger partial charge in [0.1, 0.15) is 0 Å². The van der Waals surface area contributed by atoms with Crippen molar-refractivity contribution in [3.05, 3.63) is 41.1 Å². The van der Waals surface area contributed by atoms with Crippen LogP contribution < -0.4 is 0 Å². The van der Waals surface area contributed by atoms with E-state index in [1.54, 1.807) is 13.0 Å². The van der Waals surface area contributed by atoms with Crippen LogP contribution in [0.2, 0.25) is 0 Å². The van der Waals surface area contributed by atoms with Gasteiger partial charge in [0.15, 0.2) is 0 Å². The van der Waals surface area contributed by atoms with Gasteiger partial charge in [0.2, 0.25) is 6.29 Å². The van der Waals surface area contributed by atoms with E-state index in [1.807, 2.05) is 12.1 Å². The van der Waals surface area contributed by atoms with Gasteiger partial charge < -0.3 is 9.47 Å². The topological polar surface area (TPSA) is 35.5 Å². The van der Waals surface area contributed by atoms with Gasteiger partial charge in [0, 0.05) is 10.7 Å². The number of esters is 1. The molecule has 0 saturated heterocycles. The molecule has 0 saturated carbocycles. The third-order valence-corrected chi connectivity index (χ3v) is 4.26. The summed E-state index contributed by atoms with van der Waals surface area (Å²) in [6, 6.07) is 3.88. The highest BCUT2D eigenvalue weighted by Crippen LogP contribution is 2.23. The Morgan fingerprint density at radius 3 is 2.44 bits per heavy atom. The molecule has 0 N–H and O–H groups in total. The summed E-state index contributed by atoms with van der Waals surface area (Å²) in [5.41, 5.74) is 0.589. The van der Waals surface area contributed by atoms with E-state index in [9.17, 15) is 4.79 Å². The van der Waals surface area contributed by atoms with E-state index >= 15 is 0 Å². The summed E-state index contributed by atoms with van der Waals surface area (Å²) in [4.78, 5) is 12.0. The molecular weight excluding hydrogens is 573 g/mol. The molecule has 0 bridgehead atoms. The standard InChI is InChI=1S/C12H11I3O3/c1-3-4-17-7(2)18-12(16)11-9(14)5-8(13)6-10(11)15/h3,5-7H,1,4H2,2H3. The summed E-state index contributed by atoms with van der Waals surface area (Å²) in [6.07, 6.45) is 1.03. The molecule has 0 fully saturated rings. The zero-order valence-electron chi connectivity index (χ0n) is 9.58. The third-order valence-electron chi connectivity index (χ3n) is 1.93. The van der Waals surface area contributed by atoms with Gasteiger partial charge >= 0.3 is 5.97 Å².